The number of ether oxygens (including phenoxy) is 1. The predicted molar refractivity (Wildman–Crippen MR) is 149 cm³/mol. The van der Waals surface area contributed by atoms with Crippen LogP contribution >= 0.6 is 0 Å². The van der Waals surface area contributed by atoms with Gasteiger partial charge in [0.05, 0.1) is 6.54 Å². The van der Waals surface area contributed by atoms with Crippen molar-refractivity contribution in [3.05, 3.63) is 89.5 Å². The maximum absolute atomic E-state index is 6.00. The van der Waals surface area contributed by atoms with Gasteiger partial charge in [-0.2, -0.15) is 5.21 Å². The molecule has 0 bridgehead atoms. The van der Waals surface area contributed by atoms with Crippen LogP contribution in [0.1, 0.15) is 29.6 Å². The number of rotatable bonds is 7. The Kier molecular flexibility index (Phi) is 6.20. The maximum atomic E-state index is 6.00. The molecule has 6 rings (SSSR count). The number of imidazole rings is 1. The molecule has 0 saturated heterocycles. The summed E-state index contributed by atoms with van der Waals surface area (Å²) < 4.78 is 8.21. The normalized spacial score (nSPS) is 11.3. The van der Waals surface area contributed by atoms with Crippen LogP contribution in [-0.2, 0) is 13.0 Å². The molecule has 4 heterocycles. The minimum atomic E-state index is 0.418. The number of H-pyrrole nitrogens is 1. The van der Waals surface area contributed by atoms with Gasteiger partial charge in [0.15, 0.2) is 5.65 Å². The molecule has 10 nitrogen and oxygen atoms in total. The average Bonchev–Trinajstić information content (AvgIpc) is 3.58. The molecule has 0 fully saturated rings. The van der Waals surface area contributed by atoms with E-state index in [0.717, 1.165) is 56.9 Å². The molecule has 0 radical (unpaired) electrons. The van der Waals surface area contributed by atoms with E-state index in [4.69, 9.17) is 20.4 Å². The van der Waals surface area contributed by atoms with Crippen LogP contribution in [-0.4, -0.2) is 40.1 Å². The van der Waals surface area contributed by atoms with Gasteiger partial charge in [0.2, 0.25) is 11.7 Å². The van der Waals surface area contributed by atoms with Gasteiger partial charge in [0.1, 0.15) is 17.1 Å². The van der Waals surface area contributed by atoms with Gasteiger partial charge in [0.25, 0.3) is 0 Å². The number of tetrazole rings is 1. The van der Waals surface area contributed by atoms with Crippen LogP contribution in [0.2, 0.25) is 0 Å². The third kappa shape index (κ3) is 4.79. The molecule has 10 heteroatoms. The Hall–Kier alpha value is -5.12. The second-order valence-electron chi connectivity index (χ2n) is 9.39. The Morgan fingerprint density at radius 2 is 1.79 bits per heavy atom. The summed E-state index contributed by atoms with van der Waals surface area (Å²) in [7, 11) is 0. The van der Waals surface area contributed by atoms with E-state index in [0.29, 0.717) is 29.7 Å². The van der Waals surface area contributed by atoms with E-state index in [9.17, 15) is 0 Å². The number of hydrogen-bond acceptors (Lipinski definition) is 8. The van der Waals surface area contributed by atoms with Crippen LogP contribution in [0.3, 0.4) is 0 Å². The topological polar surface area (TPSA) is 133 Å². The van der Waals surface area contributed by atoms with Crippen LogP contribution in [0.25, 0.3) is 33.7 Å². The Bertz CT molecular complexity index is 1770. The number of aryl methyl sites for hydroxylation is 3. The first-order chi connectivity index (χ1) is 19.0. The van der Waals surface area contributed by atoms with Gasteiger partial charge in [-0.1, -0.05) is 31.2 Å². The fourth-order valence-corrected chi connectivity index (χ4v) is 4.75. The molecular weight excluding hydrogens is 490 g/mol. The third-order valence-electron chi connectivity index (χ3n) is 6.58. The predicted octanol–water partition coefficient (Wildman–Crippen LogP) is 5.28. The number of anilines is 1. The molecule has 194 valence electrons. The van der Waals surface area contributed by atoms with Gasteiger partial charge in [-0.05, 0) is 71.6 Å². The van der Waals surface area contributed by atoms with Crippen LogP contribution in [0, 0.1) is 13.8 Å². The number of nitrogens with two attached hydrogens (primary N) is 1. The monoisotopic (exact) mass is 517 g/mol. The van der Waals surface area contributed by atoms with Crippen molar-refractivity contribution in [3.63, 3.8) is 0 Å². The number of nitrogens with zero attached hydrogens (tertiary/aromatic N) is 7. The van der Waals surface area contributed by atoms with E-state index in [1.807, 2.05) is 25.1 Å². The quantitative estimate of drug-likeness (QED) is 0.292. The molecule has 4 aromatic heterocycles. The Morgan fingerprint density at radius 3 is 2.54 bits per heavy atom. The van der Waals surface area contributed by atoms with Crippen LogP contribution < -0.4 is 10.5 Å². The zero-order valence-corrected chi connectivity index (χ0v) is 21.9. The van der Waals surface area contributed by atoms with Crippen molar-refractivity contribution in [2.24, 2.45) is 0 Å². The zero-order chi connectivity index (χ0) is 26.9. The van der Waals surface area contributed by atoms with Gasteiger partial charge in [-0.3, -0.25) is 0 Å². The lowest BCUT2D eigenvalue weighted by Crippen LogP contribution is -2.05. The van der Waals surface area contributed by atoms with Crippen molar-refractivity contribution >= 4 is 16.9 Å². The lowest BCUT2D eigenvalue weighted by molar-refractivity contribution is 0.463. The second-order valence-corrected chi connectivity index (χ2v) is 9.39. The SMILES string of the molecule is CCc1nc2c(C)cc(C)nc2n1Cc1ccc(-c2cc(Oc3cc(N)ccn3)ccc2-c2nn[nH]n2)cc1. The molecule has 0 unspecified atom stereocenters. The fourth-order valence-electron chi connectivity index (χ4n) is 4.75. The van der Waals surface area contributed by atoms with E-state index < -0.39 is 0 Å². The smallest absolute Gasteiger partial charge is 0.221 e. The molecule has 0 aliphatic carbocycles. The number of nitrogen functional groups attached to an aromatic ring is 1. The van der Waals surface area contributed by atoms with E-state index in [-0.39, 0.29) is 0 Å². The molecule has 39 heavy (non-hydrogen) atoms. The molecule has 0 aliphatic rings. The van der Waals surface area contributed by atoms with E-state index in [1.54, 1.807) is 18.3 Å². The number of pyridine rings is 2. The number of aromatic amines is 1. The molecule has 0 amide bonds. The molecule has 0 spiro atoms. The first-order valence-electron chi connectivity index (χ1n) is 12.7. The Balaban J connectivity index is 1.36. The number of aromatic nitrogens is 8. The van der Waals surface area contributed by atoms with E-state index >= 15 is 0 Å². The summed E-state index contributed by atoms with van der Waals surface area (Å²) in [5, 5.41) is 14.7. The van der Waals surface area contributed by atoms with Gasteiger partial charge in [-0.25, -0.2) is 15.0 Å². The Morgan fingerprint density at radius 1 is 0.949 bits per heavy atom. The molecule has 2 aromatic carbocycles. The summed E-state index contributed by atoms with van der Waals surface area (Å²) in [5.74, 6) is 2.56. The summed E-state index contributed by atoms with van der Waals surface area (Å²) in [6.45, 7) is 6.91. The fraction of sp³-hybridized carbons (Fsp3) is 0.172. The van der Waals surface area contributed by atoms with Gasteiger partial charge in [-0.15, -0.1) is 10.2 Å². The number of benzene rings is 2. The van der Waals surface area contributed by atoms with Gasteiger partial charge in [0, 0.05) is 35.6 Å². The van der Waals surface area contributed by atoms with Crippen molar-refractivity contribution in [1.82, 2.24) is 40.1 Å². The van der Waals surface area contributed by atoms with Crippen molar-refractivity contribution in [3.8, 4) is 34.1 Å². The lowest BCUT2D eigenvalue weighted by Gasteiger charge is -2.12. The molecule has 0 atom stereocenters. The summed E-state index contributed by atoms with van der Waals surface area (Å²) in [5.41, 5.74) is 14.4. The number of nitrogens with one attached hydrogen (secondary N) is 1. The molecule has 0 aliphatic heterocycles. The first kappa shape index (κ1) is 24.2. The van der Waals surface area contributed by atoms with Crippen molar-refractivity contribution in [2.45, 2.75) is 33.7 Å². The Labute approximate surface area is 224 Å². The second kappa shape index (κ2) is 9.97. The third-order valence-corrected chi connectivity index (χ3v) is 6.58. The largest absolute Gasteiger partial charge is 0.439 e. The van der Waals surface area contributed by atoms with Crippen LogP contribution in [0.4, 0.5) is 5.69 Å². The standard InChI is InChI=1S/C29H27N9O/c1-4-25-33-27-17(2)13-18(3)32-29(27)38(25)16-19-5-7-20(8-6-19)24-15-22(39-26-14-21(30)11-12-31-26)9-10-23(24)28-34-36-37-35-28/h5-15H,4,16H2,1-3H3,(H2,30,31)(H,34,35,36,37). The van der Waals surface area contributed by atoms with Gasteiger partial charge < -0.3 is 15.0 Å². The zero-order valence-electron chi connectivity index (χ0n) is 21.9. The summed E-state index contributed by atoms with van der Waals surface area (Å²) >= 11 is 0. The molecule has 0 saturated carbocycles. The van der Waals surface area contributed by atoms with Gasteiger partial charge >= 0.3 is 0 Å². The first-order valence-corrected chi connectivity index (χ1v) is 12.7. The van der Waals surface area contributed by atoms with E-state index in [2.05, 4.69) is 74.4 Å². The summed E-state index contributed by atoms with van der Waals surface area (Å²) in [6, 6.07) is 19.6. The minimum absolute atomic E-state index is 0.418. The molecule has 3 N–H and O–H groups in total. The summed E-state index contributed by atoms with van der Waals surface area (Å²) in [6.07, 6.45) is 2.44. The highest BCUT2D eigenvalue weighted by atomic mass is 16.5. The molecular formula is C29H27N9O. The van der Waals surface area contributed by atoms with Crippen LogP contribution in [0.15, 0.2) is 66.9 Å². The highest BCUT2D eigenvalue weighted by Crippen LogP contribution is 2.35. The number of fused-ring (bicyclic) bond motifs is 1. The van der Waals surface area contributed by atoms with Crippen molar-refractivity contribution < 1.29 is 4.74 Å². The maximum Gasteiger partial charge on any atom is 0.221 e. The summed E-state index contributed by atoms with van der Waals surface area (Å²) in [4.78, 5) is 13.9. The van der Waals surface area contributed by atoms with Crippen molar-refractivity contribution in [1.29, 1.82) is 0 Å². The molecule has 6 aromatic rings. The highest BCUT2D eigenvalue weighted by molar-refractivity contribution is 5.82. The minimum Gasteiger partial charge on any atom is -0.439 e. The van der Waals surface area contributed by atoms with Crippen molar-refractivity contribution in [2.75, 3.05) is 5.73 Å². The average molecular weight is 518 g/mol. The van der Waals surface area contributed by atoms with Crippen LogP contribution in [0.5, 0.6) is 11.6 Å². The lowest BCUT2D eigenvalue weighted by atomic mass is 9.98. The number of hydrogen-bond donors (Lipinski definition) is 2. The highest BCUT2D eigenvalue weighted by Gasteiger charge is 2.16. The van der Waals surface area contributed by atoms with E-state index in [1.165, 1.54) is 0 Å².